The van der Waals surface area contributed by atoms with Gasteiger partial charge in [-0.3, -0.25) is 0 Å². The lowest BCUT2D eigenvalue weighted by molar-refractivity contribution is -0.255. The summed E-state index contributed by atoms with van der Waals surface area (Å²) in [6, 6.07) is 5.84. The van der Waals surface area contributed by atoms with Crippen LogP contribution in [0, 0.1) is 5.82 Å². The first kappa shape index (κ1) is 12.3. The third-order valence-corrected chi connectivity index (χ3v) is 2.63. The fraction of sp³-hybridized carbons (Fsp3) is 0.231. The number of rotatable bonds is 3. The second-order valence-electron chi connectivity index (χ2n) is 4.28. The van der Waals surface area contributed by atoms with Crippen molar-refractivity contribution < 1.29 is 14.3 Å². The second-order valence-corrected chi connectivity index (χ2v) is 4.28. The highest BCUT2D eigenvalue weighted by molar-refractivity contribution is 5.87. The van der Waals surface area contributed by atoms with Gasteiger partial charge in [0.25, 0.3) is 0 Å². The maximum atomic E-state index is 13.2. The van der Waals surface area contributed by atoms with Gasteiger partial charge in [0.05, 0.1) is 23.5 Å². The van der Waals surface area contributed by atoms with E-state index >= 15 is 0 Å². The molecule has 0 N–H and O–H groups in total. The topological polar surface area (TPSA) is 57.9 Å². The summed E-state index contributed by atoms with van der Waals surface area (Å²) in [6.07, 6.45) is 1.23. The van der Waals surface area contributed by atoms with E-state index in [-0.39, 0.29) is 11.5 Å². The number of aromatic nitrogens is 2. The van der Waals surface area contributed by atoms with Gasteiger partial charge in [0.1, 0.15) is 5.82 Å². The van der Waals surface area contributed by atoms with E-state index in [9.17, 15) is 14.3 Å². The summed E-state index contributed by atoms with van der Waals surface area (Å²) in [5.74, 6) is -1.74. The van der Waals surface area contributed by atoms with Crippen LogP contribution >= 0.6 is 0 Å². The van der Waals surface area contributed by atoms with E-state index in [1.807, 2.05) is 13.8 Å². The number of carboxylic acid groups (broad SMARTS) is 1. The van der Waals surface area contributed by atoms with Crippen LogP contribution in [-0.4, -0.2) is 15.7 Å². The van der Waals surface area contributed by atoms with Crippen LogP contribution in [0.5, 0.6) is 0 Å². The van der Waals surface area contributed by atoms with Crippen molar-refractivity contribution in [1.29, 1.82) is 0 Å². The molecule has 5 heteroatoms. The molecule has 0 fully saturated rings. The molecule has 1 aromatic carbocycles. The van der Waals surface area contributed by atoms with Crippen molar-refractivity contribution in [3.05, 3.63) is 47.5 Å². The summed E-state index contributed by atoms with van der Waals surface area (Å²) in [5.41, 5.74) is 1.03. The molecule has 0 saturated heterocycles. The van der Waals surface area contributed by atoms with Gasteiger partial charge in [-0.25, -0.2) is 9.07 Å². The van der Waals surface area contributed by atoms with Crippen LogP contribution in [0.3, 0.4) is 0 Å². The Morgan fingerprint density at radius 2 is 2.17 bits per heavy atom. The van der Waals surface area contributed by atoms with Crippen LogP contribution in [0.2, 0.25) is 0 Å². The Balaban J connectivity index is 2.61. The highest BCUT2D eigenvalue weighted by Gasteiger charge is 2.16. The summed E-state index contributed by atoms with van der Waals surface area (Å²) in [4.78, 5) is 11.0. The molecule has 0 unspecified atom stereocenters. The van der Waals surface area contributed by atoms with Gasteiger partial charge in [-0.05, 0) is 24.1 Å². The zero-order valence-corrected chi connectivity index (χ0v) is 10.1. The van der Waals surface area contributed by atoms with Gasteiger partial charge < -0.3 is 9.90 Å². The Hall–Kier alpha value is -2.17. The van der Waals surface area contributed by atoms with Crippen LogP contribution in [0.1, 0.15) is 35.8 Å². The Kier molecular flexibility index (Phi) is 3.14. The van der Waals surface area contributed by atoms with Crippen LogP contribution in [-0.2, 0) is 0 Å². The molecule has 2 aromatic rings. The molecule has 0 aliphatic carbocycles. The third kappa shape index (κ3) is 2.11. The first-order valence-electron chi connectivity index (χ1n) is 5.56. The van der Waals surface area contributed by atoms with Crippen LogP contribution < -0.4 is 5.11 Å². The predicted molar refractivity (Wildman–Crippen MR) is 61.9 cm³/mol. The molecule has 0 atom stereocenters. The van der Waals surface area contributed by atoms with E-state index in [1.54, 1.807) is 12.1 Å². The van der Waals surface area contributed by atoms with Gasteiger partial charge >= 0.3 is 0 Å². The van der Waals surface area contributed by atoms with Gasteiger partial charge in [-0.2, -0.15) is 5.10 Å². The normalized spacial score (nSPS) is 10.9. The van der Waals surface area contributed by atoms with E-state index in [1.165, 1.54) is 23.0 Å². The van der Waals surface area contributed by atoms with Crippen molar-refractivity contribution in [1.82, 2.24) is 9.78 Å². The van der Waals surface area contributed by atoms with Gasteiger partial charge in [0.15, 0.2) is 0 Å². The number of halogens is 1. The first-order chi connectivity index (χ1) is 8.50. The van der Waals surface area contributed by atoms with E-state index in [0.717, 1.165) is 0 Å². The number of hydrogen-bond donors (Lipinski definition) is 0. The molecule has 94 valence electrons. The molecule has 1 aromatic heterocycles. The lowest BCUT2D eigenvalue weighted by Gasteiger charge is -2.13. The standard InChI is InChI=1S/C13H13FN2O2/c1-8(2)12-11(13(17)18)7-15-16(12)10-5-3-4-9(14)6-10/h3-8H,1-2H3,(H,17,18)/p-1. The molecule has 1 heterocycles. The average molecular weight is 247 g/mol. The van der Waals surface area contributed by atoms with E-state index in [2.05, 4.69) is 5.10 Å². The van der Waals surface area contributed by atoms with Crippen molar-refractivity contribution in [2.75, 3.05) is 0 Å². The summed E-state index contributed by atoms with van der Waals surface area (Å²) >= 11 is 0. The minimum absolute atomic E-state index is 0.0364. The summed E-state index contributed by atoms with van der Waals surface area (Å²) in [6.45, 7) is 3.69. The van der Waals surface area contributed by atoms with Crippen LogP contribution in [0.4, 0.5) is 4.39 Å². The van der Waals surface area contributed by atoms with Crippen LogP contribution in [0.25, 0.3) is 5.69 Å². The highest BCUT2D eigenvalue weighted by Crippen LogP contribution is 2.22. The molecule has 0 radical (unpaired) electrons. The number of carboxylic acids is 1. The van der Waals surface area contributed by atoms with Gasteiger partial charge in [0, 0.05) is 5.56 Å². The Morgan fingerprint density at radius 3 is 2.72 bits per heavy atom. The molecular formula is C13H12FN2O2-. The lowest BCUT2D eigenvalue weighted by atomic mass is 10.1. The second kappa shape index (κ2) is 4.60. The maximum Gasteiger partial charge on any atom is 0.125 e. The fourth-order valence-corrected chi connectivity index (χ4v) is 1.88. The largest absolute Gasteiger partial charge is 0.545 e. The zero-order chi connectivity index (χ0) is 13.3. The minimum atomic E-state index is -1.28. The molecular weight excluding hydrogens is 235 g/mol. The van der Waals surface area contributed by atoms with Crippen LogP contribution in [0.15, 0.2) is 30.5 Å². The predicted octanol–water partition coefficient (Wildman–Crippen LogP) is 1.50. The van der Waals surface area contributed by atoms with E-state index < -0.39 is 11.8 Å². The maximum absolute atomic E-state index is 13.2. The summed E-state index contributed by atoms with van der Waals surface area (Å²) in [7, 11) is 0. The molecule has 0 spiro atoms. The number of hydrogen-bond acceptors (Lipinski definition) is 3. The van der Waals surface area contributed by atoms with E-state index in [0.29, 0.717) is 11.4 Å². The fourth-order valence-electron chi connectivity index (χ4n) is 1.88. The number of nitrogens with zero attached hydrogens (tertiary/aromatic N) is 2. The minimum Gasteiger partial charge on any atom is -0.545 e. The van der Waals surface area contributed by atoms with Gasteiger partial charge in [-0.15, -0.1) is 0 Å². The molecule has 0 bridgehead atoms. The van der Waals surface area contributed by atoms with Crippen molar-refractivity contribution in [2.24, 2.45) is 0 Å². The van der Waals surface area contributed by atoms with E-state index in [4.69, 9.17) is 0 Å². The van der Waals surface area contributed by atoms with Gasteiger partial charge in [-0.1, -0.05) is 19.9 Å². The first-order valence-corrected chi connectivity index (χ1v) is 5.56. The number of carbonyl (C=O) groups excluding carboxylic acids is 1. The number of carbonyl (C=O) groups is 1. The quantitative estimate of drug-likeness (QED) is 0.825. The lowest BCUT2D eigenvalue weighted by Crippen LogP contribution is -2.24. The molecule has 0 aliphatic heterocycles. The SMILES string of the molecule is CC(C)c1c(C(=O)[O-])cnn1-c1cccc(F)c1. The number of aromatic carboxylic acids is 1. The Bertz CT molecular complexity index is 590. The van der Waals surface area contributed by atoms with Crippen molar-refractivity contribution >= 4 is 5.97 Å². The monoisotopic (exact) mass is 247 g/mol. The Morgan fingerprint density at radius 1 is 1.44 bits per heavy atom. The van der Waals surface area contributed by atoms with Crippen molar-refractivity contribution in [2.45, 2.75) is 19.8 Å². The molecule has 0 aliphatic rings. The van der Waals surface area contributed by atoms with Gasteiger partial charge in [0.2, 0.25) is 0 Å². The molecule has 18 heavy (non-hydrogen) atoms. The van der Waals surface area contributed by atoms with Crippen molar-refractivity contribution in [3.8, 4) is 5.69 Å². The van der Waals surface area contributed by atoms with Crippen molar-refractivity contribution in [3.63, 3.8) is 0 Å². The molecule has 4 nitrogen and oxygen atoms in total. The highest BCUT2D eigenvalue weighted by atomic mass is 19.1. The third-order valence-electron chi connectivity index (χ3n) is 2.63. The average Bonchev–Trinajstić information content (AvgIpc) is 2.73. The zero-order valence-electron chi connectivity index (χ0n) is 10.1. The summed E-state index contributed by atoms with van der Waals surface area (Å²) < 4.78 is 14.6. The molecule has 0 saturated carbocycles. The molecule has 2 rings (SSSR count). The Labute approximate surface area is 104 Å². The smallest absolute Gasteiger partial charge is 0.125 e. The molecule has 0 amide bonds. The summed E-state index contributed by atoms with van der Waals surface area (Å²) in [5, 5.41) is 15.0. The number of benzene rings is 1.